The highest BCUT2D eigenvalue weighted by Crippen LogP contribution is 2.13. The molecule has 25 heavy (non-hydrogen) atoms. The highest BCUT2D eigenvalue weighted by atomic mass is 28.4. The van der Waals surface area contributed by atoms with Crippen LogP contribution in [0.5, 0.6) is 0 Å². The molecule has 0 aliphatic rings. The smallest absolute Gasteiger partial charge is 0.347 e. The summed E-state index contributed by atoms with van der Waals surface area (Å²) in [6.07, 6.45) is 20.0. The molecule has 0 saturated heterocycles. The number of hydrogen-bond donors (Lipinski definition) is 0. The standard InChI is InChI=1S/C20H36O4Si/c1-5-9-13-17-21-25(22-18-14-10-6-2,23-19-15-11-7-3)24-20-16-12-8-4/h9-16H,5-8,17-20H2,1-4H3. The van der Waals surface area contributed by atoms with Gasteiger partial charge in [-0.15, -0.1) is 0 Å². The van der Waals surface area contributed by atoms with Crippen molar-refractivity contribution in [2.45, 2.75) is 53.4 Å². The van der Waals surface area contributed by atoms with Crippen LogP contribution in [0.4, 0.5) is 0 Å². The third kappa shape index (κ3) is 13.9. The van der Waals surface area contributed by atoms with E-state index in [9.17, 15) is 0 Å². The lowest BCUT2D eigenvalue weighted by Crippen LogP contribution is -2.49. The molecule has 0 heterocycles. The number of hydrogen-bond acceptors (Lipinski definition) is 4. The van der Waals surface area contributed by atoms with E-state index in [1.165, 1.54) is 0 Å². The van der Waals surface area contributed by atoms with Crippen molar-refractivity contribution in [2.24, 2.45) is 0 Å². The van der Waals surface area contributed by atoms with Gasteiger partial charge in [0.15, 0.2) is 0 Å². The molecule has 144 valence electrons. The van der Waals surface area contributed by atoms with Crippen molar-refractivity contribution >= 4 is 9.05 Å². The summed E-state index contributed by atoms with van der Waals surface area (Å²) in [6, 6.07) is 0. The molecule has 4 nitrogen and oxygen atoms in total. The van der Waals surface area contributed by atoms with Crippen LogP contribution in [0.2, 0.25) is 0 Å². The van der Waals surface area contributed by atoms with Gasteiger partial charge in [0.1, 0.15) is 0 Å². The minimum absolute atomic E-state index is 0.423. The highest BCUT2D eigenvalue weighted by molar-refractivity contribution is 6.53. The van der Waals surface area contributed by atoms with Crippen molar-refractivity contribution in [3.63, 3.8) is 0 Å². The largest absolute Gasteiger partial charge is 0.680 e. The third-order valence-corrected chi connectivity index (χ3v) is 5.12. The van der Waals surface area contributed by atoms with Gasteiger partial charge in [-0.2, -0.15) is 0 Å². The normalized spacial score (nSPS) is 15.2. The van der Waals surface area contributed by atoms with Crippen LogP contribution in [0.1, 0.15) is 53.4 Å². The highest BCUT2D eigenvalue weighted by Gasteiger charge is 2.45. The Bertz CT molecular complexity index is 325. The minimum Gasteiger partial charge on any atom is -0.347 e. The summed E-state index contributed by atoms with van der Waals surface area (Å²) >= 11 is 0. The van der Waals surface area contributed by atoms with Crippen molar-refractivity contribution in [1.29, 1.82) is 0 Å². The summed E-state index contributed by atoms with van der Waals surface area (Å²) in [4.78, 5) is 0. The van der Waals surface area contributed by atoms with Crippen LogP contribution >= 0.6 is 0 Å². The molecule has 0 amide bonds. The van der Waals surface area contributed by atoms with Gasteiger partial charge in [-0.3, -0.25) is 0 Å². The molecule has 0 aromatic heterocycles. The second-order valence-electron chi connectivity index (χ2n) is 5.26. The molecule has 0 unspecified atom stereocenters. The first-order valence-corrected chi connectivity index (χ1v) is 11.0. The molecule has 0 atom stereocenters. The van der Waals surface area contributed by atoms with Crippen LogP contribution in [0, 0.1) is 0 Å². The second-order valence-corrected chi connectivity index (χ2v) is 7.42. The van der Waals surface area contributed by atoms with Gasteiger partial charge in [-0.1, -0.05) is 76.3 Å². The molecule has 0 spiro atoms. The maximum Gasteiger partial charge on any atom is 0.680 e. The molecule has 0 fully saturated rings. The van der Waals surface area contributed by atoms with Crippen molar-refractivity contribution < 1.29 is 17.7 Å². The molecular formula is C20H36O4Si. The minimum atomic E-state index is -3.20. The van der Waals surface area contributed by atoms with Crippen molar-refractivity contribution in [3.8, 4) is 0 Å². The predicted molar refractivity (Wildman–Crippen MR) is 107 cm³/mol. The molecule has 0 aliphatic heterocycles. The number of rotatable bonds is 16. The Balaban J connectivity index is 4.97. The van der Waals surface area contributed by atoms with E-state index >= 15 is 0 Å². The lowest BCUT2D eigenvalue weighted by Gasteiger charge is -2.26. The van der Waals surface area contributed by atoms with Gasteiger partial charge >= 0.3 is 9.05 Å². The molecule has 0 N–H and O–H groups in total. The Kier molecular flexibility index (Phi) is 17.1. The lowest BCUT2D eigenvalue weighted by molar-refractivity contribution is -0.0119. The quantitative estimate of drug-likeness (QED) is 0.272. The van der Waals surface area contributed by atoms with E-state index in [4.69, 9.17) is 17.7 Å². The van der Waals surface area contributed by atoms with Gasteiger partial charge in [0, 0.05) is 0 Å². The van der Waals surface area contributed by atoms with E-state index in [1.807, 2.05) is 24.3 Å². The van der Waals surface area contributed by atoms with Crippen LogP contribution in [-0.2, 0) is 17.7 Å². The third-order valence-electron chi connectivity index (χ3n) is 3.03. The Labute approximate surface area is 155 Å². The van der Waals surface area contributed by atoms with E-state index in [2.05, 4.69) is 52.0 Å². The molecule has 0 bridgehead atoms. The van der Waals surface area contributed by atoms with E-state index in [0.717, 1.165) is 25.7 Å². The van der Waals surface area contributed by atoms with Crippen molar-refractivity contribution in [3.05, 3.63) is 48.6 Å². The first-order valence-electron chi connectivity index (χ1n) is 9.40. The molecule has 5 heteroatoms. The zero-order chi connectivity index (χ0) is 18.6. The maximum atomic E-state index is 5.96. The van der Waals surface area contributed by atoms with Crippen molar-refractivity contribution in [1.82, 2.24) is 0 Å². The zero-order valence-corrected chi connectivity index (χ0v) is 17.4. The predicted octanol–water partition coefficient (Wildman–Crippen LogP) is 5.35. The first-order chi connectivity index (χ1) is 12.2. The second kappa shape index (κ2) is 17.8. The molecule has 0 aromatic rings. The molecular weight excluding hydrogens is 332 g/mol. The van der Waals surface area contributed by atoms with Crippen LogP contribution in [0.25, 0.3) is 0 Å². The van der Waals surface area contributed by atoms with Crippen LogP contribution in [0.15, 0.2) is 48.6 Å². The average molecular weight is 369 g/mol. The van der Waals surface area contributed by atoms with Crippen molar-refractivity contribution in [2.75, 3.05) is 26.4 Å². The van der Waals surface area contributed by atoms with Crippen LogP contribution in [0.3, 0.4) is 0 Å². The maximum absolute atomic E-state index is 5.96. The summed E-state index contributed by atoms with van der Waals surface area (Å²) in [5.74, 6) is 0. The Morgan fingerprint density at radius 3 is 0.880 bits per heavy atom. The fraction of sp³-hybridized carbons (Fsp3) is 0.600. The molecule has 0 radical (unpaired) electrons. The molecule has 0 rings (SSSR count). The van der Waals surface area contributed by atoms with Gasteiger partial charge < -0.3 is 17.7 Å². The lowest BCUT2D eigenvalue weighted by atomic mass is 10.4. The van der Waals surface area contributed by atoms with Gasteiger partial charge in [-0.25, -0.2) is 0 Å². The van der Waals surface area contributed by atoms with Gasteiger partial charge in [-0.05, 0) is 25.7 Å². The fourth-order valence-electron chi connectivity index (χ4n) is 1.79. The summed E-state index contributed by atoms with van der Waals surface area (Å²) in [5.41, 5.74) is 0. The van der Waals surface area contributed by atoms with Gasteiger partial charge in [0.25, 0.3) is 0 Å². The van der Waals surface area contributed by atoms with E-state index < -0.39 is 9.05 Å². The zero-order valence-electron chi connectivity index (χ0n) is 16.4. The van der Waals surface area contributed by atoms with Crippen LogP contribution < -0.4 is 0 Å². The average Bonchev–Trinajstić information content (AvgIpc) is 2.63. The molecule has 0 aromatic carbocycles. The Hall–Kier alpha value is -0.983. The Morgan fingerprint density at radius 2 is 0.680 bits per heavy atom. The van der Waals surface area contributed by atoms with E-state index in [0.29, 0.717) is 26.4 Å². The summed E-state index contributed by atoms with van der Waals surface area (Å²) in [6.45, 7) is 10.0. The topological polar surface area (TPSA) is 36.9 Å². The first kappa shape index (κ1) is 24.0. The fourth-order valence-corrected chi connectivity index (χ4v) is 3.49. The van der Waals surface area contributed by atoms with Crippen LogP contribution in [-0.4, -0.2) is 35.5 Å². The van der Waals surface area contributed by atoms with Gasteiger partial charge in [0.2, 0.25) is 0 Å². The Morgan fingerprint density at radius 1 is 0.440 bits per heavy atom. The summed E-state index contributed by atoms with van der Waals surface area (Å²) < 4.78 is 23.8. The summed E-state index contributed by atoms with van der Waals surface area (Å²) in [7, 11) is -3.20. The molecule has 0 saturated carbocycles. The molecule has 0 aliphatic carbocycles. The van der Waals surface area contributed by atoms with E-state index in [-0.39, 0.29) is 0 Å². The number of allylic oxidation sites excluding steroid dienone is 4. The van der Waals surface area contributed by atoms with Gasteiger partial charge in [0.05, 0.1) is 26.4 Å². The van der Waals surface area contributed by atoms with E-state index in [1.54, 1.807) is 0 Å². The summed E-state index contributed by atoms with van der Waals surface area (Å²) in [5, 5.41) is 0. The monoisotopic (exact) mass is 368 g/mol. The SMILES string of the molecule is CCC=CCO[Si](OCC=CCC)(OCC=CCC)OCC=CCC.